The highest BCUT2D eigenvalue weighted by atomic mass is 32.2. The Balaban J connectivity index is 2.18. The van der Waals surface area contributed by atoms with E-state index in [2.05, 4.69) is 39.0 Å². The highest BCUT2D eigenvalue weighted by molar-refractivity contribution is 7.85. The van der Waals surface area contributed by atoms with E-state index >= 15 is 0 Å². The van der Waals surface area contributed by atoms with Crippen LogP contribution in [0, 0.1) is 23.2 Å². The average molecular weight is 303 g/mol. The molecule has 0 amide bonds. The molecule has 0 radical (unpaired) electrons. The zero-order valence-electron chi connectivity index (χ0n) is 13.2. The van der Waals surface area contributed by atoms with Crippen molar-refractivity contribution in [2.24, 2.45) is 11.8 Å². The molecule has 0 heterocycles. The summed E-state index contributed by atoms with van der Waals surface area (Å²) in [4.78, 5) is 0.876. The van der Waals surface area contributed by atoms with Crippen LogP contribution in [0.1, 0.15) is 57.9 Å². The Bertz CT molecular complexity index is 529. The summed E-state index contributed by atoms with van der Waals surface area (Å²) in [7, 11) is -1.07. The normalized spacial score (nSPS) is 27.3. The van der Waals surface area contributed by atoms with E-state index in [0.29, 0.717) is 11.8 Å². The molecule has 1 saturated carbocycles. The van der Waals surface area contributed by atoms with E-state index in [-0.39, 0.29) is 11.2 Å². The quantitative estimate of drug-likeness (QED) is 0.813. The molecular weight excluding hydrogens is 278 g/mol. The van der Waals surface area contributed by atoms with Crippen molar-refractivity contribution in [2.45, 2.75) is 62.5 Å². The lowest BCUT2D eigenvalue weighted by Gasteiger charge is -2.31. The molecule has 0 aromatic heterocycles. The third kappa shape index (κ3) is 3.74. The van der Waals surface area contributed by atoms with Crippen LogP contribution in [-0.2, 0) is 10.8 Å². The summed E-state index contributed by atoms with van der Waals surface area (Å²) >= 11 is 0. The first-order valence-corrected chi connectivity index (χ1v) is 9.18. The van der Waals surface area contributed by atoms with E-state index in [1.807, 2.05) is 12.1 Å². The van der Waals surface area contributed by atoms with Gasteiger partial charge in [-0.2, -0.15) is 5.26 Å². The van der Waals surface area contributed by atoms with Crippen LogP contribution in [-0.4, -0.2) is 9.46 Å². The fraction of sp³-hybridized carbons (Fsp3) is 0.611. The zero-order chi connectivity index (χ0) is 15.4. The number of nitriles is 1. The van der Waals surface area contributed by atoms with Gasteiger partial charge < -0.3 is 0 Å². The van der Waals surface area contributed by atoms with Crippen LogP contribution in [0.4, 0.5) is 0 Å². The molecular formula is C18H25NOS. The van der Waals surface area contributed by atoms with Crippen molar-refractivity contribution >= 4 is 10.8 Å². The maximum Gasteiger partial charge on any atom is 0.0668 e. The Morgan fingerprint density at radius 1 is 1.29 bits per heavy atom. The molecule has 0 N–H and O–H groups in total. The lowest BCUT2D eigenvalue weighted by atomic mass is 9.81. The highest BCUT2D eigenvalue weighted by Crippen LogP contribution is 2.35. The van der Waals surface area contributed by atoms with Crippen molar-refractivity contribution in [3.63, 3.8) is 0 Å². The Hall–Kier alpha value is -1.14. The van der Waals surface area contributed by atoms with Crippen molar-refractivity contribution in [1.82, 2.24) is 0 Å². The van der Waals surface area contributed by atoms with E-state index < -0.39 is 10.8 Å². The lowest BCUT2D eigenvalue weighted by Crippen LogP contribution is -2.32. The van der Waals surface area contributed by atoms with Crippen molar-refractivity contribution in [2.75, 3.05) is 0 Å². The van der Waals surface area contributed by atoms with E-state index in [4.69, 9.17) is 0 Å². The minimum Gasteiger partial charge on any atom is -0.254 e. The molecule has 1 aliphatic rings. The molecule has 0 aliphatic heterocycles. The third-order valence-corrected chi connectivity index (χ3v) is 6.51. The molecule has 3 heteroatoms. The molecule has 4 unspecified atom stereocenters. The Morgan fingerprint density at radius 2 is 1.95 bits per heavy atom. The fourth-order valence-corrected chi connectivity index (χ4v) is 4.82. The minimum atomic E-state index is -1.07. The van der Waals surface area contributed by atoms with Crippen LogP contribution in [0.2, 0.25) is 0 Å². The van der Waals surface area contributed by atoms with Crippen LogP contribution >= 0.6 is 0 Å². The summed E-state index contributed by atoms with van der Waals surface area (Å²) in [6.45, 7) is 6.50. The number of nitrogens with zero attached hydrogens (tertiary/aromatic N) is 1. The molecule has 0 bridgehead atoms. The molecule has 114 valence electrons. The van der Waals surface area contributed by atoms with Crippen LogP contribution in [0.25, 0.3) is 0 Å². The molecule has 1 aromatic carbocycles. The molecule has 21 heavy (non-hydrogen) atoms. The van der Waals surface area contributed by atoms with E-state index in [9.17, 15) is 9.47 Å². The van der Waals surface area contributed by atoms with Gasteiger partial charge in [-0.05, 0) is 48.8 Å². The maximum atomic E-state index is 12.9. The SMILES string of the molecule is CCC1CCC(C#N)C(S(=O)c2ccc(C(C)C)cc2)C1. The van der Waals surface area contributed by atoms with Gasteiger partial charge in [0.05, 0.1) is 28.0 Å². The van der Waals surface area contributed by atoms with Crippen molar-refractivity contribution < 1.29 is 4.21 Å². The van der Waals surface area contributed by atoms with Gasteiger partial charge in [0.15, 0.2) is 0 Å². The van der Waals surface area contributed by atoms with Crippen molar-refractivity contribution in [3.8, 4) is 6.07 Å². The van der Waals surface area contributed by atoms with Gasteiger partial charge in [-0.1, -0.05) is 39.3 Å². The molecule has 1 aromatic rings. The first kappa shape index (κ1) is 16.2. The first-order chi connectivity index (χ1) is 10.1. The zero-order valence-corrected chi connectivity index (χ0v) is 14.0. The molecule has 0 saturated heterocycles. The van der Waals surface area contributed by atoms with Gasteiger partial charge >= 0.3 is 0 Å². The van der Waals surface area contributed by atoms with E-state index in [1.165, 1.54) is 5.56 Å². The number of hydrogen-bond acceptors (Lipinski definition) is 2. The van der Waals surface area contributed by atoms with Crippen molar-refractivity contribution in [3.05, 3.63) is 29.8 Å². The van der Waals surface area contributed by atoms with Gasteiger partial charge in [0.1, 0.15) is 0 Å². The summed E-state index contributed by atoms with van der Waals surface area (Å²) < 4.78 is 12.9. The van der Waals surface area contributed by atoms with Gasteiger partial charge in [-0.25, -0.2) is 0 Å². The number of rotatable bonds is 4. The predicted molar refractivity (Wildman–Crippen MR) is 87.5 cm³/mol. The van der Waals surface area contributed by atoms with E-state index in [0.717, 1.165) is 30.6 Å². The van der Waals surface area contributed by atoms with Crippen LogP contribution in [0.15, 0.2) is 29.2 Å². The molecule has 1 aliphatic carbocycles. The number of hydrogen-bond donors (Lipinski definition) is 0. The standard InChI is InChI=1S/C18H25NOS/c1-4-14-5-6-16(12-19)18(11-14)21(20)17-9-7-15(8-10-17)13(2)3/h7-10,13-14,16,18H,4-6,11H2,1-3H3. The third-order valence-electron chi connectivity index (χ3n) is 4.70. The summed E-state index contributed by atoms with van der Waals surface area (Å²) in [5.74, 6) is 1.05. The second-order valence-corrected chi connectivity index (χ2v) is 8.05. The maximum absolute atomic E-state index is 12.9. The largest absolute Gasteiger partial charge is 0.254 e. The van der Waals surface area contributed by atoms with Gasteiger partial charge in [0, 0.05) is 4.90 Å². The highest BCUT2D eigenvalue weighted by Gasteiger charge is 2.34. The second kappa shape index (κ2) is 7.22. The smallest absolute Gasteiger partial charge is 0.0668 e. The Kier molecular flexibility index (Phi) is 5.58. The molecule has 2 rings (SSSR count). The van der Waals surface area contributed by atoms with Gasteiger partial charge in [-0.3, -0.25) is 4.21 Å². The van der Waals surface area contributed by atoms with Crippen LogP contribution in [0.3, 0.4) is 0 Å². The minimum absolute atomic E-state index is 0.00130. The lowest BCUT2D eigenvalue weighted by molar-refractivity contribution is 0.313. The predicted octanol–water partition coefficient (Wildman–Crippen LogP) is 4.64. The molecule has 2 nitrogen and oxygen atoms in total. The van der Waals surface area contributed by atoms with Gasteiger partial charge in [0.25, 0.3) is 0 Å². The summed E-state index contributed by atoms with van der Waals surface area (Å²) in [5.41, 5.74) is 1.27. The first-order valence-electron chi connectivity index (χ1n) is 7.97. The van der Waals surface area contributed by atoms with Gasteiger partial charge in [0.2, 0.25) is 0 Å². The van der Waals surface area contributed by atoms with Crippen LogP contribution < -0.4 is 0 Å². The monoisotopic (exact) mass is 303 g/mol. The van der Waals surface area contributed by atoms with E-state index in [1.54, 1.807) is 0 Å². The topological polar surface area (TPSA) is 40.9 Å². The van der Waals surface area contributed by atoms with Crippen molar-refractivity contribution in [1.29, 1.82) is 5.26 Å². The Morgan fingerprint density at radius 3 is 2.48 bits per heavy atom. The summed E-state index contributed by atoms with van der Waals surface area (Å²) in [6, 6.07) is 10.5. The van der Waals surface area contributed by atoms with Gasteiger partial charge in [-0.15, -0.1) is 0 Å². The molecule has 1 fully saturated rings. The second-order valence-electron chi connectivity index (χ2n) is 6.38. The number of benzene rings is 1. The van der Waals surface area contributed by atoms with Crippen LogP contribution in [0.5, 0.6) is 0 Å². The molecule has 0 spiro atoms. The molecule has 4 atom stereocenters. The Labute approximate surface area is 131 Å². The fourth-order valence-electron chi connectivity index (χ4n) is 3.13. The summed E-state index contributed by atoms with van der Waals surface area (Å²) in [6.07, 6.45) is 4.05. The summed E-state index contributed by atoms with van der Waals surface area (Å²) in [5, 5.41) is 9.35. The average Bonchev–Trinajstić information content (AvgIpc) is 2.53.